The van der Waals surface area contributed by atoms with Gasteiger partial charge in [0.25, 0.3) is 5.91 Å². The van der Waals surface area contributed by atoms with Gasteiger partial charge in [0.05, 0.1) is 12.7 Å². The van der Waals surface area contributed by atoms with E-state index in [9.17, 15) is 23.8 Å². The zero-order valence-corrected chi connectivity index (χ0v) is 13.5. The molecule has 7 heteroatoms. The van der Waals surface area contributed by atoms with Gasteiger partial charge in [-0.15, -0.1) is 0 Å². The summed E-state index contributed by atoms with van der Waals surface area (Å²) in [7, 11) is 1.41. The van der Waals surface area contributed by atoms with Crippen molar-refractivity contribution in [2.45, 2.75) is 25.4 Å². The second kappa shape index (κ2) is 6.58. The van der Waals surface area contributed by atoms with Gasteiger partial charge in [-0.25, -0.2) is 8.78 Å². The Kier molecular flexibility index (Phi) is 4.48. The molecule has 1 aliphatic rings. The number of phenolic OH excluding ortho intramolecular Hbond substituents is 2. The molecule has 0 aromatic heterocycles. The molecule has 0 heterocycles. The van der Waals surface area contributed by atoms with Crippen LogP contribution in [0.1, 0.15) is 28.8 Å². The number of amides is 1. The minimum absolute atomic E-state index is 0.0274. The van der Waals surface area contributed by atoms with Gasteiger partial charge in [-0.2, -0.15) is 0 Å². The summed E-state index contributed by atoms with van der Waals surface area (Å²) in [5.74, 6) is -3.38. The first-order valence-corrected chi connectivity index (χ1v) is 7.75. The molecule has 1 fully saturated rings. The van der Waals surface area contributed by atoms with E-state index < -0.39 is 28.9 Å². The molecule has 2 aromatic rings. The number of aromatic hydroxyl groups is 2. The molecule has 0 unspecified atom stereocenters. The summed E-state index contributed by atoms with van der Waals surface area (Å²) in [6.07, 6.45) is 1.55. The topological polar surface area (TPSA) is 70.0 Å². The number of halogens is 2. The van der Waals surface area contributed by atoms with E-state index >= 15 is 0 Å². The van der Waals surface area contributed by atoms with E-state index in [1.54, 1.807) is 12.1 Å². The number of hydrogen-bond donors (Lipinski definition) is 2. The van der Waals surface area contributed by atoms with Gasteiger partial charge in [-0.3, -0.25) is 4.79 Å². The summed E-state index contributed by atoms with van der Waals surface area (Å²) in [5.41, 5.74) is 0.279. The van der Waals surface area contributed by atoms with Crippen LogP contribution in [0.4, 0.5) is 8.78 Å². The Morgan fingerprint density at radius 3 is 2.60 bits per heavy atom. The number of rotatable bonds is 5. The molecular formula is C18H17F2NO4. The number of benzene rings is 2. The van der Waals surface area contributed by atoms with E-state index in [2.05, 4.69) is 0 Å². The smallest absolute Gasteiger partial charge is 0.258 e. The summed E-state index contributed by atoms with van der Waals surface area (Å²) >= 11 is 0. The molecule has 132 valence electrons. The molecular weight excluding hydrogens is 332 g/mol. The zero-order chi connectivity index (χ0) is 18.1. The third-order valence-corrected chi connectivity index (χ3v) is 4.10. The van der Waals surface area contributed by atoms with Crippen LogP contribution in [0, 0.1) is 11.6 Å². The summed E-state index contributed by atoms with van der Waals surface area (Å²) < 4.78 is 32.0. The molecule has 0 bridgehead atoms. The van der Waals surface area contributed by atoms with Crippen molar-refractivity contribution >= 4 is 5.91 Å². The van der Waals surface area contributed by atoms with Crippen LogP contribution in [0.3, 0.4) is 0 Å². The van der Waals surface area contributed by atoms with Crippen LogP contribution < -0.4 is 4.74 Å². The van der Waals surface area contributed by atoms with E-state index in [4.69, 9.17) is 4.74 Å². The molecule has 5 nitrogen and oxygen atoms in total. The standard InChI is InChI=1S/C18H17F2NO4/c1-25-16-6-10(2-5-15(16)22)9-21(12-3-4-12)18(24)13-7-11(19)8-14(20)17(13)23/h2,5-8,12,22-23H,3-4,9H2,1H3. The Hall–Kier alpha value is -2.83. The Bertz CT molecular complexity index is 821. The largest absolute Gasteiger partial charge is 0.504 e. The maximum atomic E-state index is 13.5. The molecule has 0 radical (unpaired) electrons. The molecule has 2 aromatic carbocycles. The van der Waals surface area contributed by atoms with Gasteiger partial charge in [-0.05, 0) is 36.6 Å². The fourth-order valence-electron chi connectivity index (χ4n) is 2.65. The van der Waals surface area contributed by atoms with Crippen LogP contribution in [0.5, 0.6) is 17.2 Å². The van der Waals surface area contributed by atoms with Gasteiger partial charge in [-0.1, -0.05) is 6.07 Å². The van der Waals surface area contributed by atoms with Crippen molar-refractivity contribution in [2.75, 3.05) is 7.11 Å². The van der Waals surface area contributed by atoms with Crippen LogP contribution in [-0.4, -0.2) is 34.2 Å². The molecule has 1 amide bonds. The zero-order valence-electron chi connectivity index (χ0n) is 13.5. The minimum atomic E-state index is -1.18. The maximum Gasteiger partial charge on any atom is 0.258 e. The Morgan fingerprint density at radius 1 is 1.24 bits per heavy atom. The first kappa shape index (κ1) is 17.0. The van der Waals surface area contributed by atoms with Crippen molar-refractivity contribution in [3.8, 4) is 17.2 Å². The van der Waals surface area contributed by atoms with E-state index in [0.717, 1.165) is 18.9 Å². The number of hydrogen-bond acceptors (Lipinski definition) is 4. The highest BCUT2D eigenvalue weighted by atomic mass is 19.1. The molecule has 2 N–H and O–H groups in total. The second-order valence-electron chi connectivity index (χ2n) is 5.95. The summed E-state index contributed by atoms with van der Waals surface area (Å²) in [5, 5.41) is 19.4. The Balaban J connectivity index is 1.91. The van der Waals surface area contributed by atoms with E-state index in [-0.39, 0.29) is 24.1 Å². The quantitative estimate of drug-likeness (QED) is 0.870. The number of carbonyl (C=O) groups is 1. The van der Waals surface area contributed by atoms with Gasteiger partial charge in [0.15, 0.2) is 23.1 Å². The molecule has 0 spiro atoms. The lowest BCUT2D eigenvalue weighted by Gasteiger charge is -2.23. The highest BCUT2D eigenvalue weighted by Gasteiger charge is 2.34. The van der Waals surface area contributed by atoms with Crippen molar-refractivity contribution in [1.82, 2.24) is 4.90 Å². The Labute approximate surface area is 143 Å². The van der Waals surface area contributed by atoms with Gasteiger partial charge < -0.3 is 19.8 Å². The van der Waals surface area contributed by atoms with Crippen molar-refractivity contribution in [1.29, 1.82) is 0 Å². The van der Waals surface area contributed by atoms with E-state index in [1.807, 2.05) is 0 Å². The van der Waals surface area contributed by atoms with Crippen molar-refractivity contribution in [3.63, 3.8) is 0 Å². The maximum absolute atomic E-state index is 13.5. The van der Waals surface area contributed by atoms with Gasteiger partial charge in [0, 0.05) is 18.7 Å². The van der Waals surface area contributed by atoms with E-state index in [0.29, 0.717) is 11.6 Å². The van der Waals surface area contributed by atoms with Crippen molar-refractivity contribution in [3.05, 3.63) is 53.1 Å². The average Bonchev–Trinajstić information content (AvgIpc) is 3.41. The highest BCUT2D eigenvalue weighted by molar-refractivity contribution is 5.97. The van der Waals surface area contributed by atoms with Gasteiger partial charge in [0.2, 0.25) is 0 Å². The SMILES string of the molecule is COc1cc(CN(C(=O)c2cc(F)cc(F)c2O)C2CC2)ccc1O. The predicted octanol–water partition coefficient (Wildman–Crippen LogP) is 3.19. The molecule has 0 aliphatic heterocycles. The van der Waals surface area contributed by atoms with Crippen LogP contribution in [0.15, 0.2) is 30.3 Å². The van der Waals surface area contributed by atoms with Gasteiger partial charge in [0.1, 0.15) is 5.82 Å². The third-order valence-electron chi connectivity index (χ3n) is 4.10. The third kappa shape index (κ3) is 3.50. The number of ether oxygens (including phenoxy) is 1. The lowest BCUT2D eigenvalue weighted by atomic mass is 10.1. The minimum Gasteiger partial charge on any atom is -0.504 e. The van der Waals surface area contributed by atoms with Crippen LogP contribution in [-0.2, 0) is 6.54 Å². The second-order valence-corrected chi connectivity index (χ2v) is 5.95. The Morgan fingerprint density at radius 2 is 1.96 bits per heavy atom. The van der Waals surface area contributed by atoms with Crippen LogP contribution in [0.25, 0.3) is 0 Å². The highest BCUT2D eigenvalue weighted by Crippen LogP contribution is 2.34. The first-order chi connectivity index (χ1) is 11.9. The number of phenols is 2. The van der Waals surface area contributed by atoms with Crippen LogP contribution in [0.2, 0.25) is 0 Å². The number of nitrogens with zero attached hydrogens (tertiary/aromatic N) is 1. The number of methoxy groups -OCH3 is 1. The molecule has 0 atom stereocenters. The number of carbonyl (C=O) groups excluding carboxylic acids is 1. The molecule has 25 heavy (non-hydrogen) atoms. The lowest BCUT2D eigenvalue weighted by Crippen LogP contribution is -2.32. The first-order valence-electron chi connectivity index (χ1n) is 7.75. The van der Waals surface area contributed by atoms with Gasteiger partial charge >= 0.3 is 0 Å². The lowest BCUT2D eigenvalue weighted by molar-refractivity contribution is 0.0725. The predicted molar refractivity (Wildman–Crippen MR) is 85.6 cm³/mol. The fraction of sp³-hybridized carbons (Fsp3) is 0.278. The monoisotopic (exact) mass is 349 g/mol. The molecule has 3 rings (SSSR count). The molecule has 0 saturated heterocycles. The molecule has 1 saturated carbocycles. The van der Waals surface area contributed by atoms with Crippen molar-refractivity contribution < 1.29 is 28.5 Å². The van der Waals surface area contributed by atoms with Crippen molar-refractivity contribution in [2.24, 2.45) is 0 Å². The van der Waals surface area contributed by atoms with Crippen LogP contribution >= 0.6 is 0 Å². The van der Waals surface area contributed by atoms with E-state index in [1.165, 1.54) is 18.1 Å². The fourth-order valence-corrected chi connectivity index (χ4v) is 2.65. The summed E-state index contributed by atoms with van der Waals surface area (Å²) in [4.78, 5) is 14.2. The summed E-state index contributed by atoms with van der Waals surface area (Å²) in [6, 6.07) is 5.96. The summed E-state index contributed by atoms with van der Waals surface area (Å²) in [6.45, 7) is 0.164. The average molecular weight is 349 g/mol. The normalized spacial score (nSPS) is 13.6. The molecule has 1 aliphatic carbocycles.